The third kappa shape index (κ3) is 5.81. The lowest BCUT2D eigenvalue weighted by atomic mass is 10.2. The molecule has 0 aliphatic rings. The molecule has 156 valence electrons. The number of carbonyl (C=O) groups is 1. The number of carbonyl (C=O) groups excluding carboxylic acids is 1. The zero-order valence-electron chi connectivity index (χ0n) is 17.4. The Kier molecular flexibility index (Phi) is 8.21. The Bertz CT molecular complexity index is 837. The van der Waals surface area contributed by atoms with Gasteiger partial charge in [-0.05, 0) is 30.2 Å². The summed E-state index contributed by atoms with van der Waals surface area (Å²) in [6.07, 6.45) is 4.04. The molecule has 0 saturated carbocycles. The molecule has 2 aromatic carbocycles. The minimum Gasteiger partial charge on any atom is -0.493 e. The van der Waals surface area contributed by atoms with Gasteiger partial charge < -0.3 is 29.0 Å². The zero-order valence-corrected chi connectivity index (χ0v) is 17.4. The molecule has 0 saturated heterocycles. The molecule has 1 amide bonds. The first kappa shape index (κ1) is 21.9. The van der Waals surface area contributed by atoms with Crippen LogP contribution in [-0.4, -0.2) is 41.0 Å². The van der Waals surface area contributed by atoms with Gasteiger partial charge in [-0.15, -0.1) is 0 Å². The fourth-order valence-corrected chi connectivity index (χ4v) is 2.63. The van der Waals surface area contributed by atoms with Crippen LogP contribution in [0.2, 0.25) is 0 Å². The summed E-state index contributed by atoms with van der Waals surface area (Å²) in [7, 11) is 6.14. The molecule has 0 bridgehead atoms. The highest BCUT2D eigenvalue weighted by atomic mass is 16.5. The van der Waals surface area contributed by atoms with E-state index in [1.54, 1.807) is 25.3 Å². The van der Waals surface area contributed by atoms with E-state index in [0.717, 1.165) is 12.0 Å². The lowest BCUT2D eigenvalue weighted by Gasteiger charge is -2.14. The number of amides is 1. The van der Waals surface area contributed by atoms with Crippen molar-refractivity contribution in [2.75, 3.05) is 40.4 Å². The molecule has 2 rings (SSSR count). The van der Waals surface area contributed by atoms with Crippen molar-refractivity contribution in [1.82, 2.24) is 0 Å². The maximum Gasteiger partial charge on any atom is 0.248 e. The van der Waals surface area contributed by atoms with E-state index in [-0.39, 0.29) is 5.91 Å². The van der Waals surface area contributed by atoms with Crippen LogP contribution in [0.3, 0.4) is 0 Å². The van der Waals surface area contributed by atoms with Gasteiger partial charge in [0.2, 0.25) is 11.7 Å². The van der Waals surface area contributed by atoms with E-state index >= 15 is 0 Å². The quantitative estimate of drug-likeness (QED) is 0.603. The third-order valence-electron chi connectivity index (χ3n) is 4.01. The first-order chi connectivity index (χ1) is 14.1. The summed E-state index contributed by atoms with van der Waals surface area (Å²) in [6, 6.07) is 8.82. The monoisotopic (exact) mass is 401 g/mol. The summed E-state index contributed by atoms with van der Waals surface area (Å²) in [5.74, 6) is 2.36. The smallest absolute Gasteiger partial charge is 0.248 e. The standard InChI is InChI=1S/C22H27NO6/c1-6-11-29-17-9-7-15(12-18(17)25-2)8-10-21(24)23-16-13-19(26-3)22(28-5)20(14-16)27-4/h7-10,12-14H,6,11H2,1-5H3,(H,23,24)/b10-8+. The minimum atomic E-state index is -0.301. The molecular formula is C22H27NO6. The summed E-state index contributed by atoms with van der Waals surface area (Å²) in [4.78, 5) is 12.3. The van der Waals surface area contributed by atoms with Gasteiger partial charge in [0.05, 0.1) is 35.0 Å². The van der Waals surface area contributed by atoms with E-state index in [4.69, 9.17) is 23.7 Å². The van der Waals surface area contributed by atoms with Crippen molar-refractivity contribution in [1.29, 1.82) is 0 Å². The molecule has 0 heterocycles. The van der Waals surface area contributed by atoms with Gasteiger partial charge in [-0.1, -0.05) is 13.0 Å². The van der Waals surface area contributed by atoms with E-state index in [2.05, 4.69) is 5.32 Å². The van der Waals surface area contributed by atoms with Crippen LogP contribution in [0.15, 0.2) is 36.4 Å². The summed E-state index contributed by atoms with van der Waals surface area (Å²) in [5.41, 5.74) is 1.33. The van der Waals surface area contributed by atoms with Crippen molar-refractivity contribution < 1.29 is 28.5 Å². The van der Waals surface area contributed by atoms with Crippen LogP contribution in [0.1, 0.15) is 18.9 Å². The van der Waals surface area contributed by atoms with Crippen molar-refractivity contribution in [3.63, 3.8) is 0 Å². The second-order valence-corrected chi connectivity index (χ2v) is 6.00. The summed E-state index contributed by atoms with van der Waals surface area (Å²) in [6.45, 7) is 2.65. The summed E-state index contributed by atoms with van der Waals surface area (Å²) >= 11 is 0. The lowest BCUT2D eigenvalue weighted by molar-refractivity contribution is -0.111. The van der Waals surface area contributed by atoms with Crippen molar-refractivity contribution in [2.45, 2.75) is 13.3 Å². The fraction of sp³-hybridized carbons (Fsp3) is 0.318. The van der Waals surface area contributed by atoms with Gasteiger partial charge in [0.15, 0.2) is 23.0 Å². The molecule has 7 heteroatoms. The lowest BCUT2D eigenvalue weighted by Crippen LogP contribution is -2.08. The average Bonchev–Trinajstić information content (AvgIpc) is 2.75. The van der Waals surface area contributed by atoms with E-state index < -0.39 is 0 Å². The Morgan fingerprint density at radius 1 is 0.897 bits per heavy atom. The van der Waals surface area contributed by atoms with Crippen LogP contribution in [-0.2, 0) is 4.79 Å². The second-order valence-electron chi connectivity index (χ2n) is 6.00. The highest BCUT2D eigenvalue weighted by Crippen LogP contribution is 2.39. The van der Waals surface area contributed by atoms with Crippen LogP contribution < -0.4 is 29.0 Å². The molecule has 0 atom stereocenters. The number of anilines is 1. The number of benzene rings is 2. The minimum absolute atomic E-state index is 0.301. The molecule has 1 N–H and O–H groups in total. The fourth-order valence-electron chi connectivity index (χ4n) is 2.63. The molecule has 7 nitrogen and oxygen atoms in total. The first-order valence-electron chi connectivity index (χ1n) is 9.16. The topological polar surface area (TPSA) is 75.3 Å². The molecule has 0 aliphatic heterocycles. The maximum atomic E-state index is 12.3. The number of rotatable bonds is 10. The van der Waals surface area contributed by atoms with E-state index in [1.807, 2.05) is 25.1 Å². The highest BCUT2D eigenvalue weighted by molar-refractivity contribution is 6.02. The van der Waals surface area contributed by atoms with Gasteiger partial charge in [0, 0.05) is 23.9 Å². The van der Waals surface area contributed by atoms with Gasteiger partial charge >= 0.3 is 0 Å². The number of hydrogen-bond donors (Lipinski definition) is 1. The van der Waals surface area contributed by atoms with Gasteiger partial charge in [-0.3, -0.25) is 4.79 Å². The molecule has 0 aliphatic carbocycles. The van der Waals surface area contributed by atoms with Crippen molar-refractivity contribution >= 4 is 17.7 Å². The molecule has 0 aromatic heterocycles. The predicted molar refractivity (Wildman–Crippen MR) is 113 cm³/mol. The molecule has 29 heavy (non-hydrogen) atoms. The van der Waals surface area contributed by atoms with Gasteiger partial charge in [-0.2, -0.15) is 0 Å². The van der Waals surface area contributed by atoms with E-state index in [9.17, 15) is 4.79 Å². The van der Waals surface area contributed by atoms with Crippen LogP contribution >= 0.6 is 0 Å². The second kappa shape index (κ2) is 10.8. The van der Waals surface area contributed by atoms with Crippen LogP contribution in [0, 0.1) is 0 Å². The highest BCUT2D eigenvalue weighted by Gasteiger charge is 2.14. The number of hydrogen-bond acceptors (Lipinski definition) is 6. The Balaban J connectivity index is 2.13. The Morgan fingerprint density at radius 2 is 1.55 bits per heavy atom. The van der Waals surface area contributed by atoms with Crippen LogP contribution in [0.4, 0.5) is 5.69 Å². The molecule has 0 spiro atoms. The summed E-state index contributed by atoms with van der Waals surface area (Å²) in [5, 5.41) is 2.78. The predicted octanol–water partition coefficient (Wildman–Crippen LogP) is 4.16. The SMILES string of the molecule is CCCOc1ccc(/C=C/C(=O)Nc2cc(OC)c(OC)c(OC)c2)cc1OC. The van der Waals surface area contributed by atoms with Gasteiger partial charge in [0.1, 0.15) is 0 Å². The largest absolute Gasteiger partial charge is 0.493 e. The van der Waals surface area contributed by atoms with Gasteiger partial charge in [-0.25, -0.2) is 0 Å². The Labute approximate surface area is 171 Å². The molecule has 0 radical (unpaired) electrons. The van der Waals surface area contributed by atoms with E-state index in [0.29, 0.717) is 41.0 Å². The van der Waals surface area contributed by atoms with E-state index in [1.165, 1.54) is 27.4 Å². The third-order valence-corrected chi connectivity index (χ3v) is 4.01. The molecule has 0 unspecified atom stereocenters. The van der Waals surface area contributed by atoms with Crippen LogP contribution in [0.5, 0.6) is 28.7 Å². The maximum absolute atomic E-state index is 12.3. The zero-order chi connectivity index (χ0) is 21.2. The normalized spacial score (nSPS) is 10.5. The molecule has 0 fully saturated rings. The number of nitrogens with one attached hydrogen (secondary N) is 1. The first-order valence-corrected chi connectivity index (χ1v) is 9.16. The Hall–Kier alpha value is -3.35. The average molecular weight is 401 g/mol. The van der Waals surface area contributed by atoms with Crippen molar-refractivity contribution in [3.8, 4) is 28.7 Å². The van der Waals surface area contributed by atoms with Gasteiger partial charge in [0.25, 0.3) is 0 Å². The molecule has 2 aromatic rings. The van der Waals surface area contributed by atoms with Crippen molar-refractivity contribution in [2.24, 2.45) is 0 Å². The number of ether oxygens (including phenoxy) is 5. The number of methoxy groups -OCH3 is 4. The molecular weight excluding hydrogens is 374 g/mol. The Morgan fingerprint density at radius 3 is 2.10 bits per heavy atom. The van der Waals surface area contributed by atoms with Crippen molar-refractivity contribution in [3.05, 3.63) is 42.0 Å². The summed E-state index contributed by atoms with van der Waals surface area (Å²) < 4.78 is 26.9. The van der Waals surface area contributed by atoms with Crippen LogP contribution in [0.25, 0.3) is 6.08 Å².